The van der Waals surface area contributed by atoms with E-state index in [2.05, 4.69) is 36.9 Å². The number of benzene rings is 1. The Labute approximate surface area is 180 Å². The number of amides is 2. The van der Waals surface area contributed by atoms with E-state index >= 15 is 0 Å². The third kappa shape index (κ3) is 3.84. The molecule has 0 unspecified atom stereocenters. The number of hydrogen-bond donors (Lipinski definition) is 2. The molecular formula is C18H12BrN5O3S2. The molecule has 0 aliphatic carbocycles. The molecule has 146 valence electrons. The lowest BCUT2D eigenvalue weighted by molar-refractivity contribution is 0.0841. The normalized spacial score (nSPS) is 10.8. The second-order valence-corrected chi connectivity index (χ2v) is 8.58. The Bertz CT molecular complexity index is 1310. The van der Waals surface area contributed by atoms with Crippen LogP contribution < -0.4 is 16.4 Å². The molecule has 0 fully saturated rings. The Kier molecular flexibility index (Phi) is 5.26. The SMILES string of the molecule is Cn1nc(C(=O)NNC(=O)c2csc(-c3cc(Br)cs3)n2)c2ccccc2c1=O. The van der Waals surface area contributed by atoms with Crippen LogP contribution in [0.15, 0.2) is 50.4 Å². The average Bonchev–Trinajstić information content (AvgIpc) is 3.38. The summed E-state index contributed by atoms with van der Waals surface area (Å²) in [5.74, 6) is -1.19. The summed E-state index contributed by atoms with van der Waals surface area (Å²) in [6.07, 6.45) is 0. The van der Waals surface area contributed by atoms with Crippen molar-refractivity contribution >= 4 is 61.2 Å². The molecule has 2 amide bonds. The summed E-state index contributed by atoms with van der Waals surface area (Å²) in [5, 5.41) is 9.05. The number of rotatable bonds is 3. The predicted octanol–water partition coefficient (Wildman–Crippen LogP) is 2.96. The highest BCUT2D eigenvalue weighted by atomic mass is 79.9. The number of halogens is 1. The van der Waals surface area contributed by atoms with Gasteiger partial charge in [0, 0.05) is 27.7 Å². The van der Waals surface area contributed by atoms with E-state index in [-0.39, 0.29) is 16.9 Å². The number of aromatic nitrogens is 3. The van der Waals surface area contributed by atoms with E-state index in [1.54, 1.807) is 29.6 Å². The van der Waals surface area contributed by atoms with Gasteiger partial charge in [0.15, 0.2) is 5.69 Å². The van der Waals surface area contributed by atoms with E-state index in [1.807, 2.05) is 11.4 Å². The van der Waals surface area contributed by atoms with E-state index in [9.17, 15) is 14.4 Å². The molecule has 0 spiro atoms. The fraction of sp³-hybridized carbons (Fsp3) is 0.0556. The van der Waals surface area contributed by atoms with Crippen molar-refractivity contribution in [2.75, 3.05) is 0 Å². The number of carbonyl (C=O) groups excluding carboxylic acids is 2. The first-order chi connectivity index (χ1) is 13.9. The molecule has 0 bridgehead atoms. The Morgan fingerprint density at radius 1 is 1.07 bits per heavy atom. The van der Waals surface area contributed by atoms with Gasteiger partial charge in [-0.05, 0) is 28.1 Å². The fourth-order valence-electron chi connectivity index (χ4n) is 2.62. The van der Waals surface area contributed by atoms with E-state index in [1.165, 1.54) is 29.7 Å². The number of thiophene rings is 1. The summed E-state index contributed by atoms with van der Waals surface area (Å²) in [7, 11) is 1.46. The molecule has 2 N–H and O–H groups in total. The van der Waals surface area contributed by atoms with Crippen LogP contribution in [0.1, 0.15) is 21.0 Å². The molecule has 0 radical (unpaired) electrons. The van der Waals surface area contributed by atoms with Gasteiger partial charge >= 0.3 is 0 Å². The van der Waals surface area contributed by atoms with Crippen LogP contribution in [0.25, 0.3) is 20.7 Å². The first-order valence-corrected chi connectivity index (χ1v) is 10.8. The summed E-state index contributed by atoms with van der Waals surface area (Å²) >= 11 is 6.23. The molecule has 0 aliphatic heterocycles. The fourth-order valence-corrected chi connectivity index (χ4v) is 4.93. The van der Waals surface area contributed by atoms with Crippen LogP contribution in [0, 0.1) is 0 Å². The average molecular weight is 490 g/mol. The molecule has 29 heavy (non-hydrogen) atoms. The number of hydrazine groups is 1. The summed E-state index contributed by atoms with van der Waals surface area (Å²) in [6.45, 7) is 0. The summed E-state index contributed by atoms with van der Waals surface area (Å²) in [4.78, 5) is 42.3. The first kappa shape index (κ1) is 19.4. The van der Waals surface area contributed by atoms with Crippen LogP contribution in [0.3, 0.4) is 0 Å². The Balaban J connectivity index is 1.51. The molecule has 0 saturated heterocycles. The molecule has 3 aromatic heterocycles. The molecule has 0 aliphatic rings. The molecule has 3 heterocycles. The second-order valence-electron chi connectivity index (χ2n) is 5.90. The number of carbonyl (C=O) groups is 2. The molecule has 4 rings (SSSR count). The van der Waals surface area contributed by atoms with Crippen LogP contribution in [0.4, 0.5) is 0 Å². The van der Waals surface area contributed by atoms with E-state index < -0.39 is 11.8 Å². The Hall–Kier alpha value is -2.89. The van der Waals surface area contributed by atoms with Crippen molar-refractivity contribution < 1.29 is 9.59 Å². The molecule has 1 aromatic carbocycles. The van der Waals surface area contributed by atoms with Crippen molar-refractivity contribution in [3.8, 4) is 9.88 Å². The van der Waals surface area contributed by atoms with E-state index in [0.29, 0.717) is 15.8 Å². The standard InChI is InChI=1S/C18H12BrN5O3S2/c1-24-18(27)11-5-3-2-4-10(11)14(23-24)16(26)22-21-15(25)12-8-29-17(20-12)13-6-9(19)7-28-13/h2-8H,1H3,(H,21,25)(H,22,26). The van der Waals surface area contributed by atoms with Gasteiger partial charge in [-0.25, -0.2) is 9.67 Å². The number of nitrogens with one attached hydrogen (secondary N) is 2. The molecular weight excluding hydrogens is 478 g/mol. The Morgan fingerprint density at radius 2 is 1.79 bits per heavy atom. The van der Waals surface area contributed by atoms with E-state index in [0.717, 1.165) is 14.0 Å². The van der Waals surface area contributed by atoms with Crippen molar-refractivity contribution in [1.29, 1.82) is 0 Å². The zero-order valence-electron chi connectivity index (χ0n) is 14.8. The van der Waals surface area contributed by atoms with Crippen molar-refractivity contribution in [1.82, 2.24) is 25.6 Å². The van der Waals surface area contributed by atoms with Crippen LogP contribution in [-0.4, -0.2) is 26.6 Å². The predicted molar refractivity (Wildman–Crippen MR) is 115 cm³/mol. The maximum atomic E-state index is 12.6. The molecule has 0 atom stereocenters. The van der Waals surface area contributed by atoms with Crippen LogP contribution >= 0.6 is 38.6 Å². The van der Waals surface area contributed by atoms with Crippen LogP contribution in [0.5, 0.6) is 0 Å². The third-order valence-corrected chi connectivity index (χ3v) is 6.68. The minimum absolute atomic E-state index is 0.0328. The third-order valence-electron chi connectivity index (χ3n) is 3.98. The lowest BCUT2D eigenvalue weighted by atomic mass is 10.1. The topological polar surface area (TPSA) is 106 Å². The second kappa shape index (κ2) is 7.85. The monoisotopic (exact) mass is 489 g/mol. The largest absolute Gasteiger partial charge is 0.290 e. The minimum atomic E-state index is -0.636. The van der Waals surface area contributed by atoms with E-state index in [4.69, 9.17) is 0 Å². The van der Waals surface area contributed by atoms with Gasteiger partial charge in [0.25, 0.3) is 17.4 Å². The van der Waals surface area contributed by atoms with Gasteiger partial charge in [0.2, 0.25) is 0 Å². The quantitative estimate of drug-likeness (QED) is 0.430. The summed E-state index contributed by atoms with van der Waals surface area (Å²) in [6, 6.07) is 8.59. The molecule has 11 heteroatoms. The van der Waals surface area contributed by atoms with Gasteiger partial charge in [-0.2, -0.15) is 5.10 Å². The zero-order chi connectivity index (χ0) is 20.5. The first-order valence-electron chi connectivity index (χ1n) is 8.20. The summed E-state index contributed by atoms with van der Waals surface area (Å²) < 4.78 is 2.04. The van der Waals surface area contributed by atoms with Gasteiger partial charge in [0.1, 0.15) is 10.7 Å². The van der Waals surface area contributed by atoms with Gasteiger partial charge in [-0.15, -0.1) is 22.7 Å². The van der Waals surface area contributed by atoms with Gasteiger partial charge in [0.05, 0.1) is 10.3 Å². The highest BCUT2D eigenvalue weighted by Crippen LogP contribution is 2.31. The number of nitrogens with zero attached hydrogens (tertiary/aromatic N) is 3. The highest BCUT2D eigenvalue weighted by Gasteiger charge is 2.18. The van der Waals surface area contributed by atoms with Crippen LogP contribution in [-0.2, 0) is 7.05 Å². The van der Waals surface area contributed by atoms with Crippen LogP contribution in [0.2, 0.25) is 0 Å². The summed E-state index contributed by atoms with van der Waals surface area (Å²) in [5.41, 5.74) is 4.58. The van der Waals surface area contributed by atoms with Crippen molar-refractivity contribution in [2.24, 2.45) is 7.05 Å². The molecule has 0 saturated carbocycles. The van der Waals surface area contributed by atoms with Gasteiger partial charge < -0.3 is 0 Å². The molecule has 8 nitrogen and oxygen atoms in total. The van der Waals surface area contributed by atoms with Crippen molar-refractivity contribution in [3.05, 3.63) is 67.3 Å². The minimum Gasteiger partial charge on any atom is -0.267 e. The number of fused-ring (bicyclic) bond motifs is 1. The lowest BCUT2D eigenvalue weighted by Gasteiger charge is -2.09. The number of aryl methyl sites for hydroxylation is 1. The maximum absolute atomic E-state index is 12.6. The number of thiazole rings is 1. The molecule has 4 aromatic rings. The highest BCUT2D eigenvalue weighted by molar-refractivity contribution is 9.10. The number of hydrogen-bond acceptors (Lipinski definition) is 7. The van der Waals surface area contributed by atoms with Gasteiger partial charge in [-0.3, -0.25) is 25.2 Å². The van der Waals surface area contributed by atoms with Crippen molar-refractivity contribution in [2.45, 2.75) is 0 Å². The Morgan fingerprint density at radius 3 is 2.52 bits per heavy atom. The van der Waals surface area contributed by atoms with Crippen molar-refractivity contribution in [3.63, 3.8) is 0 Å². The maximum Gasteiger partial charge on any atom is 0.290 e. The van der Waals surface area contributed by atoms with Gasteiger partial charge in [-0.1, -0.05) is 18.2 Å². The lowest BCUT2D eigenvalue weighted by Crippen LogP contribution is -2.42. The smallest absolute Gasteiger partial charge is 0.267 e. The zero-order valence-corrected chi connectivity index (χ0v) is 18.0.